The van der Waals surface area contributed by atoms with Crippen LogP contribution in [0.3, 0.4) is 0 Å². The lowest BCUT2D eigenvalue weighted by Gasteiger charge is -2.09. The van der Waals surface area contributed by atoms with Gasteiger partial charge >= 0.3 is 5.97 Å². The zero-order valence-corrected chi connectivity index (χ0v) is 14.5. The van der Waals surface area contributed by atoms with Gasteiger partial charge in [0.2, 0.25) is 0 Å². The molecular formula is C15H12BrN3O3S. The maximum absolute atomic E-state index is 12.7. The summed E-state index contributed by atoms with van der Waals surface area (Å²) in [4.78, 5) is 24.9. The number of fused-ring (bicyclic) bond motifs is 1. The van der Waals surface area contributed by atoms with Crippen LogP contribution in [0.5, 0.6) is 0 Å². The molecule has 0 fully saturated rings. The summed E-state index contributed by atoms with van der Waals surface area (Å²) in [6.07, 6.45) is 0. The number of esters is 1. The number of thiophene rings is 1. The van der Waals surface area contributed by atoms with Gasteiger partial charge in [-0.05, 0) is 25.1 Å². The van der Waals surface area contributed by atoms with Crippen molar-refractivity contribution in [2.45, 2.75) is 6.92 Å². The number of hydrogen-bond donors (Lipinski definition) is 1. The summed E-state index contributed by atoms with van der Waals surface area (Å²) in [5.74, 6) is -0.584. The highest BCUT2D eigenvalue weighted by Gasteiger charge is 2.21. The van der Waals surface area contributed by atoms with Crippen molar-refractivity contribution in [3.63, 3.8) is 0 Å². The maximum Gasteiger partial charge on any atom is 0.359 e. The van der Waals surface area contributed by atoms with Crippen LogP contribution in [0.15, 0.2) is 38.9 Å². The molecule has 0 atom stereocenters. The number of hydrogen-bond acceptors (Lipinski definition) is 6. The first kappa shape index (κ1) is 15.7. The number of rotatable bonds is 3. The predicted molar refractivity (Wildman–Crippen MR) is 93.3 cm³/mol. The second kappa shape index (κ2) is 6.13. The number of nitrogens with zero attached hydrogens (tertiary/aromatic N) is 2. The fourth-order valence-electron chi connectivity index (χ4n) is 2.21. The molecule has 2 N–H and O–H groups in total. The summed E-state index contributed by atoms with van der Waals surface area (Å²) in [6, 6.07) is 7.07. The highest BCUT2D eigenvalue weighted by atomic mass is 79.9. The first-order valence-electron chi connectivity index (χ1n) is 6.76. The maximum atomic E-state index is 12.7. The summed E-state index contributed by atoms with van der Waals surface area (Å²) in [5, 5.41) is 6.91. The third-order valence-corrected chi connectivity index (χ3v) is 4.51. The van der Waals surface area contributed by atoms with Crippen molar-refractivity contribution in [2.75, 3.05) is 12.3 Å². The molecule has 2 aromatic heterocycles. The Hall–Kier alpha value is -2.19. The minimum atomic E-state index is -0.584. The van der Waals surface area contributed by atoms with Crippen molar-refractivity contribution in [2.24, 2.45) is 0 Å². The Bertz CT molecular complexity index is 964. The molecule has 0 saturated heterocycles. The summed E-state index contributed by atoms with van der Waals surface area (Å²) in [7, 11) is 0. The minimum absolute atomic E-state index is 0.0781. The Morgan fingerprint density at radius 2 is 2.26 bits per heavy atom. The van der Waals surface area contributed by atoms with E-state index in [4.69, 9.17) is 10.5 Å². The van der Waals surface area contributed by atoms with Gasteiger partial charge in [-0.25, -0.2) is 4.79 Å². The summed E-state index contributed by atoms with van der Waals surface area (Å²) in [5.41, 5.74) is 6.15. The van der Waals surface area contributed by atoms with Crippen molar-refractivity contribution in [3.8, 4) is 5.69 Å². The molecule has 0 aliphatic carbocycles. The largest absolute Gasteiger partial charge is 0.461 e. The highest BCUT2D eigenvalue weighted by molar-refractivity contribution is 9.10. The number of halogens is 1. The Morgan fingerprint density at radius 1 is 1.48 bits per heavy atom. The second-order valence-corrected chi connectivity index (χ2v) is 6.48. The molecule has 6 nitrogen and oxygen atoms in total. The van der Waals surface area contributed by atoms with Gasteiger partial charge in [0.05, 0.1) is 22.7 Å². The fourth-order valence-corrected chi connectivity index (χ4v) is 3.38. The molecule has 8 heteroatoms. The van der Waals surface area contributed by atoms with Crippen molar-refractivity contribution < 1.29 is 9.53 Å². The molecule has 0 saturated carbocycles. The van der Waals surface area contributed by atoms with E-state index < -0.39 is 5.97 Å². The molecule has 0 aliphatic heterocycles. The van der Waals surface area contributed by atoms with Crippen LogP contribution in [0.4, 0.5) is 5.00 Å². The molecule has 0 amide bonds. The van der Waals surface area contributed by atoms with Gasteiger partial charge in [-0.2, -0.15) is 9.78 Å². The third kappa shape index (κ3) is 2.75. The van der Waals surface area contributed by atoms with Gasteiger partial charge in [-0.1, -0.05) is 22.0 Å². The van der Waals surface area contributed by atoms with Crippen LogP contribution in [-0.2, 0) is 4.74 Å². The van der Waals surface area contributed by atoms with E-state index in [0.29, 0.717) is 16.1 Å². The average Bonchev–Trinajstić information content (AvgIpc) is 2.90. The van der Waals surface area contributed by atoms with E-state index in [9.17, 15) is 9.59 Å². The van der Waals surface area contributed by atoms with Gasteiger partial charge in [0, 0.05) is 15.2 Å². The highest BCUT2D eigenvalue weighted by Crippen LogP contribution is 2.28. The number of benzene rings is 1. The predicted octanol–water partition coefficient (Wildman–Crippen LogP) is 2.97. The van der Waals surface area contributed by atoms with Crippen LogP contribution < -0.4 is 11.3 Å². The van der Waals surface area contributed by atoms with Gasteiger partial charge < -0.3 is 10.5 Å². The van der Waals surface area contributed by atoms with Crippen LogP contribution in [0.25, 0.3) is 16.5 Å². The van der Waals surface area contributed by atoms with E-state index >= 15 is 0 Å². The number of aromatic nitrogens is 2. The van der Waals surface area contributed by atoms with E-state index in [1.807, 2.05) is 6.07 Å². The number of carbonyl (C=O) groups is 1. The number of nitrogens with two attached hydrogens (primary N) is 1. The molecule has 3 rings (SSSR count). The van der Waals surface area contributed by atoms with Crippen LogP contribution in [-0.4, -0.2) is 22.4 Å². The first-order chi connectivity index (χ1) is 11.0. The fraction of sp³-hybridized carbons (Fsp3) is 0.133. The molecule has 1 aromatic carbocycles. The molecule has 2 heterocycles. The van der Waals surface area contributed by atoms with E-state index in [0.717, 1.165) is 4.47 Å². The van der Waals surface area contributed by atoms with E-state index in [2.05, 4.69) is 21.0 Å². The Kier molecular flexibility index (Phi) is 4.18. The van der Waals surface area contributed by atoms with E-state index in [-0.39, 0.29) is 23.2 Å². The molecule has 23 heavy (non-hydrogen) atoms. The van der Waals surface area contributed by atoms with Gasteiger partial charge in [0.1, 0.15) is 0 Å². The zero-order valence-electron chi connectivity index (χ0n) is 12.1. The second-order valence-electron chi connectivity index (χ2n) is 4.65. The smallest absolute Gasteiger partial charge is 0.359 e. The Labute approximate surface area is 143 Å². The molecule has 0 bridgehead atoms. The molecule has 118 valence electrons. The first-order valence-corrected chi connectivity index (χ1v) is 8.43. The molecule has 0 radical (unpaired) electrons. The monoisotopic (exact) mass is 393 g/mol. The summed E-state index contributed by atoms with van der Waals surface area (Å²) >= 11 is 4.55. The zero-order chi connectivity index (χ0) is 16.6. The molecule has 0 spiro atoms. The molecular weight excluding hydrogens is 382 g/mol. The average molecular weight is 394 g/mol. The Morgan fingerprint density at radius 3 is 2.96 bits per heavy atom. The minimum Gasteiger partial charge on any atom is -0.461 e. The number of carbonyl (C=O) groups excluding carboxylic acids is 1. The van der Waals surface area contributed by atoms with E-state index in [1.165, 1.54) is 16.0 Å². The van der Waals surface area contributed by atoms with Gasteiger partial charge in [0.15, 0.2) is 5.69 Å². The number of anilines is 1. The van der Waals surface area contributed by atoms with Crippen LogP contribution in [0.1, 0.15) is 17.4 Å². The molecule has 3 aromatic rings. The molecule has 0 unspecified atom stereocenters. The van der Waals surface area contributed by atoms with Crippen molar-refractivity contribution in [3.05, 3.63) is 50.2 Å². The lowest BCUT2D eigenvalue weighted by Crippen LogP contribution is -2.25. The van der Waals surface area contributed by atoms with Crippen LogP contribution >= 0.6 is 27.3 Å². The number of ether oxygens (including phenoxy) is 1. The van der Waals surface area contributed by atoms with E-state index in [1.54, 1.807) is 30.5 Å². The lowest BCUT2D eigenvalue weighted by molar-refractivity contribution is 0.0520. The summed E-state index contributed by atoms with van der Waals surface area (Å²) in [6.45, 7) is 1.93. The third-order valence-electron chi connectivity index (χ3n) is 3.20. The van der Waals surface area contributed by atoms with Crippen molar-refractivity contribution in [1.82, 2.24) is 9.78 Å². The normalized spacial score (nSPS) is 10.9. The lowest BCUT2D eigenvalue weighted by atomic mass is 10.2. The summed E-state index contributed by atoms with van der Waals surface area (Å²) < 4.78 is 7.00. The Balaban J connectivity index is 2.35. The van der Waals surface area contributed by atoms with Gasteiger partial charge in [0.25, 0.3) is 5.56 Å². The standard InChI is InChI=1S/C15H12BrN3O3S/c1-2-22-15(21)12-10-7-23-13(17)11(10)14(20)19(18-12)9-5-3-4-8(16)6-9/h3-7H,2,17H2,1H3. The number of nitrogen functional groups attached to an aromatic ring is 1. The van der Waals surface area contributed by atoms with Crippen LogP contribution in [0.2, 0.25) is 0 Å². The quantitative estimate of drug-likeness (QED) is 0.691. The van der Waals surface area contributed by atoms with Gasteiger partial charge in [-0.15, -0.1) is 11.3 Å². The van der Waals surface area contributed by atoms with Gasteiger partial charge in [-0.3, -0.25) is 4.79 Å². The molecule has 0 aliphatic rings. The topological polar surface area (TPSA) is 87.2 Å². The van der Waals surface area contributed by atoms with Crippen LogP contribution in [0, 0.1) is 0 Å². The van der Waals surface area contributed by atoms with Crippen molar-refractivity contribution in [1.29, 1.82) is 0 Å². The van der Waals surface area contributed by atoms with Crippen molar-refractivity contribution >= 4 is 49.0 Å². The SMILES string of the molecule is CCOC(=O)c1nn(-c2cccc(Br)c2)c(=O)c2c(N)scc12.